The molecule has 1 N–H and O–H groups in total. The molecule has 0 aliphatic heterocycles. The van der Waals surface area contributed by atoms with E-state index in [1.807, 2.05) is 13.0 Å². The highest BCUT2D eigenvalue weighted by molar-refractivity contribution is 5.91. The molecule has 0 spiro atoms. The Balaban J connectivity index is 1.78. The number of carbonyl (C=O) groups excluding carboxylic acids is 1. The van der Waals surface area contributed by atoms with E-state index < -0.39 is 0 Å². The fourth-order valence-electron chi connectivity index (χ4n) is 1.78. The van der Waals surface area contributed by atoms with E-state index in [0.29, 0.717) is 24.3 Å². The van der Waals surface area contributed by atoms with E-state index in [0.717, 1.165) is 5.76 Å². The molecule has 2 aromatic rings. The predicted molar refractivity (Wildman–Crippen MR) is 75.6 cm³/mol. The van der Waals surface area contributed by atoms with Crippen LogP contribution in [0.25, 0.3) is 6.08 Å². The third-order valence-electron chi connectivity index (χ3n) is 2.81. The Morgan fingerprint density at radius 1 is 1.30 bits per heavy atom. The number of benzene rings is 1. The van der Waals surface area contributed by atoms with Crippen LogP contribution in [0.5, 0.6) is 0 Å². The van der Waals surface area contributed by atoms with Gasteiger partial charge in [-0.2, -0.15) is 0 Å². The second kappa shape index (κ2) is 6.70. The van der Waals surface area contributed by atoms with Gasteiger partial charge in [-0.05, 0) is 43.2 Å². The lowest BCUT2D eigenvalue weighted by Crippen LogP contribution is -2.23. The lowest BCUT2D eigenvalue weighted by molar-refractivity contribution is -0.116. The van der Waals surface area contributed by atoms with Crippen molar-refractivity contribution in [2.45, 2.75) is 13.3 Å². The molecule has 0 bridgehead atoms. The van der Waals surface area contributed by atoms with Crippen molar-refractivity contribution >= 4 is 12.0 Å². The SMILES string of the molecule is Cc1ccc(/C=C/C(=O)NCCc2ccccc2F)o1. The predicted octanol–water partition coefficient (Wildman–Crippen LogP) is 3.10. The smallest absolute Gasteiger partial charge is 0.244 e. The van der Waals surface area contributed by atoms with E-state index in [1.54, 1.807) is 30.3 Å². The van der Waals surface area contributed by atoms with E-state index in [1.165, 1.54) is 12.1 Å². The van der Waals surface area contributed by atoms with E-state index in [2.05, 4.69) is 5.32 Å². The van der Waals surface area contributed by atoms with Crippen LogP contribution in [0.2, 0.25) is 0 Å². The molecule has 0 saturated heterocycles. The van der Waals surface area contributed by atoms with Crippen molar-refractivity contribution in [3.05, 3.63) is 65.4 Å². The first kappa shape index (κ1) is 14.1. The van der Waals surface area contributed by atoms with Gasteiger partial charge in [0.15, 0.2) is 0 Å². The summed E-state index contributed by atoms with van der Waals surface area (Å²) in [5, 5.41) is 2.70. The molecule has 0 saturated carbocycles. The summed E-state index contributed by atoms with van der Waals surface area (Å²) < 4.78 is 18.7. The maximum absolute atomic E-state index is 13.3. The summed E-state index contributed by atoms with van der Waals surface area (Å²) in [4.78, 5) is 11.6. The zero-order valence-corrected chi connectivity index (χ0v) is 11.2. The molecular weight excluding hydrogens is 257 g/mol. The normalized spacial score (nSPS) is 10.9. The first-order chi connectivity index (χ1) is 9.65. The maximum Gasteiger partial charge on any atom is 0.244 e. The first-order valence-electron chi connectivity index (χ1n) is 6.41. The Bertz CT molecular complexity index is 616. The van der Waals surface area contributed by atoms with Crippen molar-refractivity contribution in [1.82, 2.24) is 5.32 Å². The monoisotopic (exact) mass is 273 g/mol. The zero-order valence-electron chi connectivity index (χ0n) is 11.2. The van der Waals surface area contributed by atoms with Crippen molar-refractivity contribution in [3.8, 4) is 0 Å². The van der Waals surface area contributed by atoms with Crippen LogP contribution in [-0.2, 0) is 11.2 Å². The van der Waals surface area contributed by atoms with Crippen LogP contribution < -0.4 is 5.32 Å². The van der Waals surface area contributed by atoms with Gasteiger partial charge in [0.25, 0.3) is 0 Å². The minimum atomic E-state index is -0.247. The summed E-state index contributed by atoms with van der Waals surface area (Å²) in [6.07, 6.45) is 3.47. The Hall–Kier alpha value is -2.36. The molecule has 0 aliphatic carbocycles. The van der Waals surface area contributed by atoms with Crippen LogP contribution in [0.4, 0.5) is 4.39 Å². The lowest BCUT2D eigenvalue weighted by Gasteiger charge is -2.03. The molecule has 0 aliphatic rings. The molecule has 2 rings (SSSR count). The number of hydrogen-bond acceptors (Lipinski definition) is 2. The number of amides is 1. The fourth-order valence-corrected chi connectivity index (χ4v) is 1.78. The van der Waals surface area contributed by atoms with Gasteiger partial charge in [-0.15, -0.1) is 0 Å². The lowest BCUT2D eigenvalue weighted by atomic mass is 10.1. The van der Waals surface area contributed by atoms with E-state index in [-0.39, 0.29) is 11.7 Å². The van der Waals surface area contributed by atoms with Crippen LogP contribution in [0.1, 0.15) is 17.1 Å². The number of halogens is 1. The molecule has 1 aromatic carbocycles. The number of furan rings is 1. The second-order valence-corrected chi connectivity index (χ2v) is 4.41. The molecular formula is C16H16FNO2. The van der Waals surface area contributed by atoms with Gasteiger partial charge in [-0.1, -0.05) is 18.2 Å². The molecule has 1 aromatic heterocycles. The number of nitrogens with one attached hydrogen (secondary N) is 1. The van der Waals surface area contributed by atoms with Crippen molar-refractivity contribution < 1.29 is 13.6 Å². The van der Waals surface area contributed by atoms with E-state index in [9.17, 15) is 9.18 Å². The highest BCUT2D eigenvalue weighted by Gasteiger charge is 2.01. The summed E-state index contributed by atoms with van der Waals surface area (Å²) in [7, 11) is 0. The standard InChI is InChI=1S/C16H16FNO2/c1-12-6-7-14(20-12)8-9-16(19)18-11-10-13-4-2-3-5-15(13)17/h2-9H,10-11H2,1H3,(H,18,19)/b9-8+. The molecule has 0 atom stereocenters. The van der Waals surface area contributed by atoms with Crippen molar-refractivity contribution in [1.29, 1.82) is 0 Å². The number of aryl methyl sites for hydroxylation is 1. The van der Waals surface area contributed by atoms with Crippen molar-refractivity contribution in [3.63, 3.8) is 0 Å². The van der Waals surface area contributed by atoms with Gasteiger partial charge in [0.1, 0.15) is 17.3 Å². The summed E-state index contributed by atoms with van der Waals surface area (Å²) in [6, 6.07) is 10.2. The van der Waals surface area contributed by atoms with Gasteiger partial charge in [-0.3, -0.25) is 4.79 Å². The Kier molecular flexibility index (Phi) is 4.71. The van der Waals surface area contributed by atoms with Gasteiger partial charge < -0.3 is 9.73 Å². The van der Waals surface area contributed by atoms with Gasteiger partial charge in [0.2, 0.25) is 5.91 Å². The van der Waals surface area contributed by atoms with Gasteiger partial charge >= 0.3 is 0 Å². The van der Waals surface area contributed by atoms with Crippen LogP contribution in [0.3, 0.4) is 0 Å². The van der Waals surface area contributed by atoms with Gasteiger partial charge in [0.05, 0.1) is 0 Å². The van der Waals surface area contributed by atoms with Gasteiger partial charge in [-0.25, -0.2) is 4.39 Å². The average Bonchev–Trinajstić information content (AvgIpc) is 2.84. The molecule has 104 valence electrons. The molecule has 4 heteroatoms. The Morgan fingerprint density at radius 2 is 2.10 bits per heavy atom. The van der Waals surface area contributed by atoms with Crippen LogP contribution in [0.15, 0.2) is 46.9 Å². The highest BCUT2D eigenvalue weighted by Crippen LogP contribution is 2.08. The average molecular weight is 273 g/mol. The molecule has 3 nitrogen and oxygen atoms in total. The van der Waals surface area contributed by atoms with E-state index in [4.69, 9.17) is 4.42 Å². The Morgan fingerprint density at radius 3 is 2.80 bits per heavy atom. The summed E-state index contributed by atoms with van der Waals surface area (Å²) in [5.41, 5.74) is 0.596. The van der Waals surface area contributed by atoms with Crippen LogP contribution >= 0.6 is 0 Å². The minimum Gasteiger partial charge on any atom is -0.462 e. The van der Waals surface area contributed by atoms with Gasteiger partial charge in [0, 0.05) is 12.6 Å². The molecule has 0 fully saturated rings. The second-order valence-electron chi connectivity index (χ2n) is 4.41. The quantitative estimate of drug-likeness (QED) is 0.851. The number of rotatable bonds is 5. The maximum atomic E-state index is 13.3. The third kappa shape index (κ3) is 4.09. The minimum absolute atomic E-state index is 0.226. The molecule has 1 amide bonds. The molecule has 0 unspecified atom stereocenters. The summed E-state index contributed by atoms with van der Waals surface area (Å²) in [5.74, 6) is 0.954. The topological polar surface area (TPSA) is 42.2 Å². The summed E-state index contributed by atoms with van der Waals surface area (Å²) in [6.45, 7) is 2.23. The summed E-state index contributed by atoms with van der Waals surface area (Å²) >= 11 is 0. The highest BCUT2D eigenvalue weighted by atomic mass is 19.1. The molecule has 20 heavy (non-hydrogen) atoms. The number of hydrogen-bond donors (Lipinski definition) is 1. The first-order valence-corrected chi connectivity index (χ1v) is 6.41. The fraction of sp³-hybridized carbons (Fsp3) is 0.188. The molecule has 0 radical (unpaired) electrons. The van der Waals surface area contributed by atoms with Crippen molar-refractivity contribution in [2.24, 2.45) is 0 Å². The third-order valence-corrected chi connectivity index (χ3v) is 2.81. The zero-order chi connectivity index (χ0) is 14.4. The van der Waals surface area contributed by atoms with Crippen LogP contribution in [0, 0.1) is 12.7 Å². The molecule has 1 heterocycles. The number of carbonyl (C=O) groups is 1. The van der Waals surface area contributed by atoms with E-state index >= 15 is 0 Å². The Labute approximate surface area is 117 Å². The largest absolute Gasteiger partial charge is 0.462 e. The van der Waals surface area contributed by atoms with Crippen molar-refractivity contribution in [2.75, 3.05) is 6.54 Å². The van der Waals surface area contributed by atoms with Crippen LogP contribution in [-0.4, -0.2) is 12.5 Å².